The second-order valence-corrected chi connectivity index (χ2v) is 5.62. The number of hydrogen-bond acceptors (Lipinski definition) is 3. The molecule has 3 rings (SSSR count). The van der Waals surface area contributed by atoms with E-state index in [9.17, 15) is 0 Å². The van der Waals surface area contributed by atoms with Gasteiger partial charge < -0.3 is 10.5 Å². The van der Waals surface area contributed by atoms with Gasteiger partial charge in [-0.15, -0.1) is 0 Å². The van der Waals surface area contributed by atoms with Crippen LogP contribution >= 0.6 is 0 Å². The summed E-state index contributed by atoms with van der Waals surface area (Å²) >= 11 is 0. The van der Waals surface area contributed by atoms with Crippen molar-refractivity contribution in [1.29, 1.82) is 0 Å². The number of morpholine rings is 1. The van der Waals surface area contributed by atoms with Crippen molar-refractivity contribution in [1.82, 2.24) is 4.90 Å². The molecule has 1 aromatic carbocycles. The maximum absolute atomic E-state index is 5.87. The molecule has 0 spiro atoms. The van der Waals surface area contributed by atoms with Gasteiger partial charge in [0, 0.05) is 26.2 Å². The molecule has 0 saturated carbocycles. The fourth-order valence-electron chi connectivity index (χ4n) is 3.13. The number of hydrogen-bond donors (Lipinski definition) is 1. The molecule has 2 aliphatic heterocycles. The zero-order chi connectivity index (χ0) is 12.5. The lowest BCUT2D eigenvalue weighted by atomic mass is 10.0. The summed E-state index contributed by atoms with van der Waals surface area (Å²) < 4.78 is 5.87. The Balaban J connectivity index is 1.69. The van der Waals surface area contributed by atoms with E-state index in [4.69, 9.17) is 10.5 Å². The van der Waals surface area contributed by atoms with E-state index in [0.717, 1.165) is 19.6 Å². The van der Waals surface area contributed by atoms with E-state index in [1.165, 1.54) is 29.5 Å². The third kappa shape index (κ3) is 2.44. The number of ether oxygens (including phenoxy) is 1. The van der Waals surface area contributed by atoms with Crippen molar-refractivity contribution >= 4 is 0 Å². The highest BCUT2D eigenvalue weighted by Crippen LogP contribution is 2.27. The van der Waals surface area contributed by atoms with E-state index in [2.05, 4.69) is 30.0 Å². The van der Waals surface area contributed by atoms with Crippen LogP contribution in [0.25, 0.3) is 0 Å². The van der Waals surface area contributed by atoms with Crippen LogP contribution in [0.2, 0.25) is 0 Å². The maximum Gasteiger partial charge on any atom is 0.0707 e. The van der Waals surface area contributed by atoms with Gasteiger partial charge in [-0.3, -0.25) is 4.90 Å². The minimum absolute atomic E-state index is 0.479. The molecule has 0 aromatic heterocycles. The van der Waals surface area contributed by atoms with Crippen molar-refractivity contribution in [2.45, 2.75) is 45.1 Å². The van der Waals surface area contributed by atoms with E-state index < -0.39 is 0 Å². The summed E-state index contributed by atoms with van der Waals surface area (Å²) in [5.41, 5.74) is 9.67. The highest BCUT2D eigenvalue weighted by molar-refractivity contribution is 5.31. The van der Waals surface area contributed by atoms with Crippen LogP contribution < -0.4 is 5.73 Å². The topological polar surface area (TPSA) is 38.5 Å². The van der Waals surface area contributed by atoms with Crippen LogP contribution in [0.3, 0.4) is 0 Å². The highest BCUT2D eigenvalue weighted by atomic mass is 16.5. The Morgan fingerprint density at radius 1 is 1.28 bits per heavy atom. The predicted octanol–water partition coefficient (Wildman–Crippen LogP) is 1.82. The second-order valence-electron chi connectivity index (χ2n) is 5.62. The molecule has 18 heavy (non-hydrogen) atoms. The molecule has 2 bridgehead atoms. The SMILES string of the molecule is Cc1cc(CN)ccc1CN1CC2CCC(C1)O2. The average Bonchev–Trinajstić information content (AvgIpc) is 2.71. The minimum atomic E-state index is 0.479. The van der Waals surface area contributed by atoms with Crippen molar-refractivity contribution in [3.05, 3.63) is 34.9 Å². The third-order valence-corrected chi connectivity index (χ3v) is 4.16. The zero-order valence-corrected chi connectivity index (χ0v) is 11.1. The van der Waals surface area contributed by atoms with Gasteiger partial charge in [0.1, 0.15) is 0 Å². The molecule has 2 fully saturated rings. The number of likely N-dealkylation sites (tertiary alicyclic amines) is 1. The summed E-state index contributed by atoms with van der Waals surface area (Å²) in [5, 5.41) is 0. The smallest absolute Gasteiger partial charge is 0.0707 e. The summed E-state index contributed by atoms with van der Waals surface area (Å²) in [6, 6.07) is 6.59. The van der Waals surface area contributed by atoms with Crippen LogP contribution in [0.5, 0.6) is 0 Å². The first-order valence-corrected chi connectivity index (χ1v) is 6.91. The van der Waals surface area contributed by atoms with Gasteiger partial charge in [0.15, 0.2) is 0 Å². The van der Waals surface area contributed by atoms with Crippen molar-refractivity contribution in [2.24, 2.45) is 5.73 Å². The molecule has 3 heteroatoms. The molecule has 0 radical (unpaired) electrons. The molecule has 2 heterocycles. The molecule has 1 aromatic rings. The largest absolute Gasteiger partial charge is 0.372 e. The van der Waals surface area contributed by atoms with Crippen LogP contribution in [-0.4, -0.2) is 30.2 Å². The molecule has 2 aliphatic rings. The van der Waals surface area contributed by atoms with Gasteiger partial charge in [-0.1, -0.05) is 18.2 Å². The lowest BCUT2D eigenvalue weighted by Gasteiger charge is -2.32. The number of fused-ring (bicyclic) bond motifs is 2. The van der Waals surface area contributed by atoms with Crippen LogP contribution in [0, 0.1) is 6.92 Å². The standard InChI is InChI=1S/C15H22N2O/c1-11-6-12(7-16)2-3-13(11)8-17-9-14-4-5-15(10-17)18-14/h2-3,6,14-15H,4-5,7-10,16H2,1H3. The number of nitrogens with zero attached hydrogens (tertiary/aromatic N) is 1. The molecule has 0 aliphatic carbocycles. The van der Waals surface area contributed by atoms with Crippen LogP contribution in [0.1, 0.15) is 29.5 Å². The monoisotopic (exact) mass is 246 g/mol. The Morgan fingerprint density at radius 3 is 2.61 bits per heavy atom. The Labute approximate surface area is 109 Å². The highest BCUT2D eigenvalue weighted by Gasteiger charge is 2.33. The van der Waals surface area contributed by atoms with E-state index in [-0.39, 0.29) is 0 Å². The van der Waals surface area contributed by atoms with Gasteiger partial charge in [0.25, 0.3) is 0 Å². The Hall–Kier alpha value is -0.900. The van der Waals surface area contributed by atoms with E-state index in [1.54, 1.807) is 0 Å². The van der Waals surface area contributed by atoms with E-state index >= 15 is 0 Å². The number of nitrogens with two attached hydrogens (primary N) is 1. The zero-order valence-electron chi connectivity index (χ0n) is 11.1. The quantitative estimate of drug-likeness (QED) is 0.884. The summed E-state index contributed by atoms with van der Waals surface area (Å²) in [7, 11) is 0. The normalized spacial score (nSPS) is 27.7. The van der Waals surface area contributed by atoms with Crippen molar-refractivity contribution in [2.75, 3.05) is 13.1 Å². The molecule has 2 atom stereocenters. The van der Waals surface area contributed by atoms with Crippen LogP contribution in [0.4, 0.5) is 0 Å². The molecule has 0 amide bonds. The summed E-state index contributed by atoms with van der Waals surface area (Å²) in [5.74, 6) is 0. The number of benzene rings is 1. The predicted molar refractivity (Wildman–Crippen MR) is 72.2 cm³/mol. The second kappa shape index (κ2) is 5.00. The van der Waals surface area contributed by atoms with E-state index in [0.29, 0.717) is 18.8 Å². The van der Waals surface area contributed by atoms with Gasteiger partial charge in [0.2, 0.25) is 0 Å². The lowest BCUT2D eigenvalue weighted by Crippen LogP contribution is -2.42. The van der Waals surface area contributed by atoms with Crippen molar-refractivity contribution in [3.8, 4) is 0 Å². The Morgan fingerprint density at radius 2 is 2.00 bits per heavy atom. The van der Waals surface area contributed by atoms with Gasteiger partial charge in [-0.25, -0.2) is 0 Å². The van der Waals surface area contributed by atoms with Gasteiger partial charge in [-0.2, -0.15) is 0 Å². The van der Waals surface area contributed by atoms with Crippen LogP contribution in [-0.2, 0) is 17.8 Å². The molecule has 2 N–H and O–H groups in total. The third-order valence-electron chi connectivity index (χ3n) is 4.16. The Kier molecular flexibility index (Phi) is 3.37. The first-order valence-electron chi connectivity index (χ1n) is 6.91. The molecule has 2 unspecified atom stereocenters. The lowest BCUT2D eigenvalue weighted by molar-refractivity contribution is -0.0411. The average molecular weight is 246 g/mol. The summed E-state index contributed by atoms with van der Waals surface area (Å²) in [6.07, 6.45) is 3.44. The summed E-state index contributed by atoms with van der Waals surface area (Å²) in [6.45, 7) is 6.04. The fraction of sp³-hybridized carbons (Fsp3) is 0.600. The maximum atomic E-state index is 5.87. The first-order chi connectivity index (χ1) is 8.74. The molecule has 2 saturated heterocycles. The molecular weight excluding hydrogens is 224 g/mol. The van der Waals surface area contributed by atoms with Gasteiger partial charge in [0.05, 0.1) is 12.2 Å². The molecule has 3 nitrogen and oxygen atoms in total. The van der Waals surface area contributed by atoms with Gasteiger partial charge in [-0.05, 0) is 36.5 Å². The number of rotatable bonds is 3. The first kappa shape index (κ1) is 12.2. The minimum Gasteiger partial charge on any atom is -0.372 e. The van der Waals surface area contributed by atoms with Gasteiger partial charge >= 0.3 is 0 Å². The molecular formula is C15H22N2O. The van der Waals surface area contributed by atoms with Crippen molar-refractivity contribution in [3.63, 3.8) is 0 Å². The summed E-state index contributed by atoms with van der Waals surface area (Å²) in [4.78, 5) is 2.54. The van der Waals surface area contributed by atoms with E-state index in [1.807, 2.05) is 0 Å². The molecule has 98 valence electrons. The van der Waals surface area contributed by atoms with Crippen LogP contribution in [0.15, 0.2) is 18.2 Å². The van der Waals surface area contributed by atoms with Crippen molar-refractivity contribution < 1.29 is 4.74 Å². The fourth-order valence-corrected chi connectivity index (χ4v) is 3.13. The Bertz CT molecular complexity index is 421. The number of aryl methyl sites for hydroxylation is 1.